The highest BCUT2D eigenvalue weighted by molar-refractivity contribution is 14.0. The molecule has 0 radical (unpaired) electrons. The molecule has 2 fully saturated rings. The van der Waals surface area contributed by atoms with Crippen LogP contribution in [0.4, 0.5) is 5.69 Å². The van der Waals surface area contributed by atoms with Gasteiger partial charge in [-0.15, -0.1) is 24.0 Å². The smallest absolute Gasteiger partial charge is 0.253 e. The molecule has 2 heterocycles. The van der Waals surface area contributed by atoms with E-state index < -0.39 is 0 Å². The van der Waals surface area contributed by atoms with E-state index in [1.807, 2.05) is 24.3 Å². The summed E-state index contributed by atoms with van der Waals surface area (Å²) >= 11 is 0. The SMILES string of the molecule is CCNC(=NCc1cccc(NC(=O)C2CCCO2)c1)NCC(C)(C)N1CCOCC1.I. The maximum atomic E-state index is 12.3. The van der Waals surface area contributed by atoms with Gasteiger partial charge in [0, 0.05) is 44.0 Å². The quantitative estimate of drug-likeness (QED) is 0.258. The van der Waals surface area contributed by atoms with Crippen LogP contribution in [-0.4, -0.2) is 74.4 Å². The summed E-state index contributed by atoms with van der Waals surface area (Å²) in [5.41, 5.74) is 1.82. The molecule has 2 aliphatic heterocycles. The Morgan fingerprint density at radius 1 is 1.22 bits per heavy atom. The number of benzene rings is 1. The number of guanidine groups is 1. The molecule has 180 valence electrons. The molecule has 9 heteroatoms. The molecule has 2 aliphatic rings. The fraction of sp³-hybridized carbons (Fsp3) is 0.652. The van der Waals surface area contributed by atoms with Crippen LogP contribution in [0.25, 0.3) is 0 Å². The number of aliphatic imine (C=N–C) groups is 1. The predicted molar refractivity (Wildman–Crippen MR) is 139 cm³/mol. The van der Waals surface area contributed by atoms with Gasteiger partial charge in [0.15, 0.2) is 5.96 Å². The number of hydrogen-bond acceptors (Lipinski definition) is 5. The molecule has 1 unspecified atom stereocenters. The minimum atomic E-state index is -0.332. The Labute approximate surface area is 208 Å². The van der Waals surface area contributed by atoms with Crippen molar-refractivity contribution in [2.45, 2.75) is 51.8 Å². The second-order valence-corrected chi connectivity index (χ2v) is 8.65. The number of morpholine rings is 1. The van der Waals surface area contributed by atoms with E-state index in [1.165, 1.54) is 0 Å². The highest BCUT2D eigenvalue weighted by Gasteiger charge is 2.28. The van der Waals surface area contributed by atoms with Crippen LogP contribution in [0.1, 0.15) is 39.2 Å². The first-order valence-electron chi connectivity index (χ1n) is 11.3. The Balaban J connectivity index is 0.00000363. The Morgan fingerprint density at radius 2 is 2.00 bits per heavy atom. The van der Waals surface area contributed by atoms with Gasteiger partial charge >= 0.3 is 0 Å². The average molecular weight is 559 g/mol. The predicted octanol–water partition coefficient (Wildman–Crippen LogP) is 2.59. The van der Waals surface area contributed by atoms with E-state index in [4.69, 9.17) is 14.5 Å². The monoisotopic (exact) mass is 559 g/mol. The highest BCUT2D eigenvalue weighted by atomic mass is 127. The molecule has 0 aromatic heterocycles. The number of hydrogen-bond donors (Lipinski definition) is 3. The van der Waals surface area contributed by atoms with E-state index in [0.717, 1.165) is 69.4 Å². The molecule has 1 amide bonds. The lowest BCUT2D eigenvalue weighted by Gasteiger charge is -2.41. The van der Waals surface area contributed by atoms with Gasteiger partial charge in [-0.1, -0.05) is 12.1 Å². The number of anilines is 1. The summed E-state index contributed by atoms with van der Waals surface area (Å²) in [5, 5.41) is 9.76. The van der Waals surface area contributed by atoms with Crippen molar-refractivity contribution in [1.29, 1.82) is 0 Å². The Morgan fingerprint density at radius 3 is 2.69 bits per heavy atom. The lowest BCUT2D eigenvalue weighted by molar-refractivity contribution is -0.124. The molecule has 32 heavy (non-hydrogen) atoms. The van der Waals surface area contributed by atoms with Crippen LogP contribution in [0.15, 0.2) is 29.3 Å². The summed E-state index contributed by atoms with van der Waals surface area (Å²) < 4.78 is 10.9. The number of ether oxygens (including phenoxy) is 2. The second kappa shape index (κ2) is 13.3. The van der Waals surface area contributed by atoms with Crippen molar-refractivity contribution in [2.24, 2.45) is 4.99 Å². The van der Waals surface area contributed by atoms with Gasteiger partial charge in [-0.3, -0.25) is 9.69 Å². The minimum absolute atomic E-state index is 0. The number of rotatable bonds is 8. The van der Waals surface area contributed by atoms with Crippen LogP contribution in [0, 0.1) is 0 Å². The summed E-state index contributed by atoms with van der Waals surface area (Å²) in [4.78, 5) is 19.5. The Hall–Kier alpha value is -1.43. The fourth-order valence-corrected chi connectivity index (χ4v) is 3.85. The van der Waals surface area contributed by atoms with Crippen molar-refractivity contribution in [3.63, 3.8) is 0 Å². The molecule has 2 saturated heterocycles. The molecule has 0 aliphatic carbocycles. The maximum absolute atomic E-state index is 12.3. The molecule has 0 saturated carbocycles. The topological polar surface area (TPSA) is 87.2 Å². The molecule has 3 N–H and O–H groups in total. The normalized spacial score (nSPS) is 19.8. The van der Waals surface area contributed by atoms with E-state index in [1.54, 1.807) is 0 Å². The lowest BCUT2D eigenvalue weighted by Crippen LogP contribution is -2.56. The second-order valence-electron chi connectivity index (χ2n) is 8.65. The number of nitrogens with one attached hydrogen (secondary N) is 3. The Kier molecular flexibility index (Phi) is 11.2. The standard InChI is InChI=1S/C23H37N5O3.HI/c1-4-24-22(26-17-23(2,3)28-10-13-30-14-11-28)25-16-18-7-5-8-19(15-18)27-21(29)20-9-6-12-31-20;/h5,7-8,15,20H,4,6,9-14,16-17H2,1-3H3,(H,27,29)(H2,24,25,26);1H. The summed E-state index contributed by atoms with van der Waals surface area (Å²) in [6, 6.07) is 7.83. The van der Waals surface area contributed by atoms with E-state index in [0.29, 0.717) is 13.2 Å². The first-order chi connectivity index (χ1) is 15.0. The molecule has 0 bridgehead atoms. The first kappa shape index (κ1) is 26.8. The van der Waals surface area contributed by atoms with Crippen molar-refractivity contribution in [3.05, 3.63) is 29.8 Å². The summed E-state index contributed by atoms with van der Waals surface area (Å²) in [6.45, 7) is 12.8. The third-order valence-electron chi connectivity index (χ3n) is 5.74. The van der Waals surface area contributed by atoms with Crippen LogP contribution in [0.2, 0.25) is 0 Å². The zero-order chi connectivity index (χ0) is 22.1. The van der Waals surface area contributed by atoms with E-state index in [2.05, 4.69) is 41.6 Å². The molecule has 8 nitrogen and oxygen atoms in total. The molecule has 1 atom stereocenters. The van der Waals surface area contributed by atoms with Crippen molar-refractivity contribution in [2.75, 3.05) is 51.3 Å². The van der Waals surface area contributed by atoms with Crippen LogP contribution < -0.4 is 16.0 Å². The van der Waals surface area contributed by atoms with Gasteiger partial charge < -0.3 is 25.4 Å². The third kappa shape index (κ3) is 8.17. The van der Waals surface area contributed by atoms with Crippen molar-refractivity contribution in [3.8, 4) is 0 Å². The van der Waals surface area contributed by atoms with Gasteiger partial charge in [0.05, 0.1) is 19.8 Å². The first-order valence-corrected chi connectivity index (χ1v) is 11.3. The van der Waals surface area contributed by atoms with Crippen molar-refractivity contribution < 1.29 is 14.3 Å². The van der Waals surface area contributed by atoms with Gasteiger partial charge in [-0.05, 0) is 51.3 Å². The van der Waals surface area contributed by atoms with Crippen LogP contribution in [-0.2, 0) is 20.8 Å². The van der Waals surface area contributed by atoms with Gasteiger partial charge in [0.1, 0.15) is 6.10 Å². The minimum Gasteiger partial charge on any atom is -0.379 e. The molecular formula is C23H38IN5O3. The number of nitrogens with zero attached hydrogens (tertiary/aromatic N) is 2. The largest absolute Gasteiger partial charge is 0.379 e. The van der Waals surface area contributed by atoms with Gasteiger partial charge in [0.25, 0.3) is 5.91 Å². The average Bonchev–Trinajstić information content (AvgIpc) is 3.32. The zero-order valence-electron chi connectivity index (χ0n) is 19.5. The zero-order valence-corrected chi connectivity index (χ0v) is 21.8. The van der Waals surface area contributed by atoms with Crippen LogP contribution in [0.5, 0.6) is 0 Å². The highest BCUT2D eigenvalue weighted by Crippen LogP contribution is 2.17. The Bertz CT molecular complexity index is 747. The van der Waals surface area contributed by atoms with E-state index >= 15 is 0 Å². The van der Waals surface area contributed by atoms with Gasteiger partial charge in [-0.25, -0.2) is 4.99 Å². The number of carbonyl (C=O) groups excluding carboxylic acids is 1. The van der Waals surface area contributed by atoms with Crippen molar-refractivity contribution >= 4 is 41.5 Å². The summed E-state index contributed by atoms with van der Waals surface area (Å²) in [5.74, 6) is 0.719. The molecule has 1 aromatic rings. The number of halogens is 1. The number of amides is 1. The van der Waals surface area contributed by atoms with E-state index in [9.17, 15) is 4.79 Å². The summed E-state index contributed by atoms with van der Waals surface area (Å²) in [7, 11) is 0. The molecular weight excluding hydrogens is 521 g/mol. The van der Waals surface area contributed by atoms with Gasteiger partial charge in [-0.2, -0.15) is 0 Å². The molecule has 3 rings (SSSR count). The molecule has 1 aromatic carbocycles. The third-order valence-corrected chi connectivity index (χ3v) is 5.74. The van der Waals surface area contributed by atoms with Crippen LogP contribution in [0.3, 0.4) is 0 Å². The molecule has 0 spiro atoms. The van der Waals surface area contributed by atoms with Gasteiger partial charge in [0.2, 0.25) is 0 Å². The van der Waals surface area contributed by atoms with E-state index in [-0.39, 0.29) is 41.5 Å². The van der Waals surface area contributed by atoms with Crippen LogP contribution >= 0.6 is 24.0 Å². The fourth-order valence-electron chi connectivity index (χ4n) is 3.85. The number of carbonyl (C=O) groups is 1. The summed E-state index contributed by atoms with van der Waals surface area (Å²) in [6.07, 6.45) is 1.39. The van der Waals surface area contributed by atoms with Crippen molar-refractivity contribution in [1.82, 2.24) is 15.5 Å². The maximum Gasteiger partial charge on any atom is 0.253 e. The lowest BCUT2D eigenvalue weighted by atomic mass is 10.0.